The normalized spacial score (nSPS) is 13.1. The number of aromatic nitrogens is 6. The monoisotopic (exact) mass is 482 g/mol. The first-order valence-electron chi connectivity index (χ1n) is 9.61. The summed E-state index contributed by atoms with van der Waals surface area (Å²) in [5.41, 5.74) is -1.91. The average Bonchev–Trinajstić information content (AvgIpc) is 3.31. The molecule has 4 aromatic rings. The molecule has 176 valence electrons. The molecule has 0 aliphatic carbocycles. The third-order valence-electron chi connectivity index (χ3n) is 5.05. The predicted molar refractivity (Wildman–Crippen MR) is 103 cm³/mol. The van der Waals surface area contributed by atoms with Crippen LogP contribution in [-0.2, 0) is 18.6 Å². The van der Waals surface area contributed by atoms with Gasteiger partial charge in [-0.2, -0.15) is 27.1 Å². The fourth-order valence-corrected chi connectivity index (χ4v) is 3.32. The van der Waals surface area contributed by atoms with Gasteiger partial charge in [0.25, 0.3) is 5.92 Å². The van der Waals surface area contributed by atoms with Crippen molar-refractivity contribution in [1.82, 2.24) is 30.4 Å². The van der Waals surface area contributed by atoms with Crippen molar-refractivity contribution in [1.29, 1.82) is 0 Å². The van der Waals surface area contributed by atoms with Gasteiger partial charge in [0.15, 0.2) is 0 Å². The third-order valence-corrected chi connectivity index (χ3v) is 5.05. The van der Waals surface area contributed by atoms with Crippen LogP contribution in [0.2, 0.25) is 0 Å². The van der Waals surface area contributed by atoms with Crippen molar-refractivity contribution < 1.29 is 30.7 Å². The predicted octanol–water partition coefficient (Wildman–Crippen LogP) is 5.00. The molecule has 0 spiro atoms. The number of benzene rings is 2. The SMILES string of the molecule is Fc1ccc(C(Cn2cnnn2)C(F)(F)c2ccc(-c3ccc(C(F)(F)F)cc3)nn2)c(F)c1. The molecule has 0 bridgehead atoms. The van der Waals surface area contributed by atoms with E-state index in [2.05, 4.69) is 25.7 Å². The molecule has 2 aromatic heterocycles. The standard InChI is InChI=1S/C21H13F7N6/c22-14-5-6-15(17(23)9-14)16(10-34-11-29-32-33-34)20(24,25)19-8-7-18(30-31-19)12-1-3-13(4-2-12)21(26,27)28/h1-9,11,16H,10H2. The molecular weight excluding hydrogens is 469 g/mol. The number of nitrogens with zero attached hydrogens (tertiary/aromatic N) is 6. The van der Waals surface area contributed by atoms with Crippen LogP contribution in [0.15, 0.2) is 60.9 Å². The fraction of sp³-hybridized carbons (Fsp3) is 0.190. The summed E-state index contributed by atoms with van der Waals surface area (Å²) in [6.07, 6.45) is -3.47. The highest BCUT2D eigenvalue weighted by atomic mass is 19.4. The van der Waals surface area contributed by atoms with E-state index in [1.54, 1.807) is 0 Å². The van der Waals surface area contributed by atoms with E-state index in [-0.39, 0.29) is 11.3 Å². The fourth-order valence-electron chi connectivity index (χ4n) is 3.32. The van der Waals surface area contributed by atoms with Crippen molar-refractivity contribution in [2.45, 2.75) is 24.6 Å². The zero-order valence-electron chi connectivity index (χ0n) is 16.9. The van der Waals surface area contributed by atoms with Crippen LogP contribution in [0.4, 0.5) is 30.7 Å². The highest BCUT2D eigenvalue weighted by molar-refractivity contribution is 5.59. The van der Waals surface area contributed by atoms with Gasteiger partial charge < -0.3 is 0 Å². The molecule has 0 saturated heterocycles. The number of hydrogen-bond acceptors (Lipinski definition) is 5. The molecule has 1 atom stereocenters. The Morgan fingerprint density at radius 3 is 2.15 bits per heavy atom. The lowest BCUT2D eigenvalue weighted by molar-refractivity contribution is -0.137. The zero-order valence-corrected chi connectivity index (χ0v) is 16.9. The van der Waals surface area contributed by atoms with Crippen LogP contribution in [0.3, 0.4) is 0 Å². The molecule has 4 rings (SSSR count). The number of alkyl halides is 5. The van der Waals surface area contributed by atoms with Crippen LogP contribution in [0.5, 0.6) is 0 Å². The second-order valence-corrected chi connectivity index (χ2v) is 7.25. The van der Waals surface area contributed by atoms with Gasteiger partial charge in [-0.25, -0.2) is 13.5 Å². The summed E-state index contributed by atoms with van der Waals surface area (Å²) in [7, 11) is 0. The minimum Gasteiger partial charge on any atom is -0.232 e. The first-order chi connectivity index (χ1) is 16.1. The molecule has 1 unspecified atom stereocenters. The maximum absolute atomic E-state index is 15.5. The van der Waals surface area contributed by atoms with Gasteiger partial charge in [0.1, 0.15) is 23.7 Å². The number of rotatable bonds is 6. The van der Waals surface area contributed by atoms with Crippen molar-refractivity contribution in [2.75, 3.05) is 0 Å². The zero-order chi connectivity index (χ0) is 24.5. The van der Waals surface area contributed by atoms with Crippen LogP contribution in [0, 0.1) is 11.6 Å². The van der Waals surface area contributed by atoms with E-state index in [0.717, 1.165) is 59.5 Å². The number of tetrazole rings is 1. The molecule has 0 aliphatic heterocycles. The van der Waals surface area contributed by atoms with Gasteiger partial charge in [0.05, 0.1) is 23.7 Å². The Labute approximate surface area is 187 Å². The van der Waals surface area contributed by atoms with Crippen molar-refractivity contribution in [2.24, 2.45) is 0 Å². The van der Waals surface area contributed by atoms with Gasteiger partial charge >= 0.3 is 6.18 Å². The van der Waals surface area contributed by atoms with Gasteiger partial charge in [-0.1, -0.05) is 18.2 Å². The van der Waals surface area contributed by atoms with Crippen LogP contribution < -0.4 is 0 Å². The third kappa shape index (κ3) is 4.72. The van der Waals surface area contributed by atoms with Gasteiger partial charge in [0.2, 0.25) is 0 Å². The Kier molecular flexibility index (Phi) is 6.02. The van der Waals surface area contributed by atoms with Gasteiger partial charge in [-0.15, -0.1) is 10.2 Å². The first-order valence-corrected chi connectivity index (χ1v) is 9.61. The lowest BCUT2D eigenvalue weighted by Gasteiger charge is -2.26. The van der Waals surface area contributed by atoms with Crippen molar-refractivity contribution in [3.8, 4) is 11.3 Å². The molecule has 13 heteroatoms. The molecule has 0 radical (unpaired) electrons. The summed E-state index contributed by atoms with van der Waals surface area (Å²) < 4.78 is 98.0. The summed E-state index contributed by atoms with van der Waals surface area (Å²) in [4.78, 5) is 0. The minimum absolute atomic E-state index is 0.0539. The van der Waals surface area contributed by atoms with Crippen molar-refractivity contribution in [3.05, 3.63) is 89.4 Å². The average molecular weight is 482 g/mol. The highest BCUT2D eigenvalue weighted by Crippen LogP contribution is 2.43. The maximum Gasteiger partial charge on any atom is 0.416 e. The largest absolute Gasteiger partial charge is 0.416 e. The lowest BCUT2D eigenvalue weighted by Crippen LogP contribution is -2.30. The molecular formula is C21H13F7N6. The summed E-state index contributed by atoms with van der Waals surface area (Å²) in [6, 6.07) is 8.27. The van der Waals surface area contributed by atoms with Crippen molar-refractivity contribution >= 4 is 0 Å². The number of hydrogen-bond donors (Lipinski definition) is 0. The summed E-state index contributed by atoms with van der Waals surface area (Å²) >= 11 is 0. The van der Waals surface area contributed by atoms with Crippen LogP contribution in [0.1, 0.15) is 22.7 Å². The Hall–Kier alpha value is -3.90. The van der Waals surface area contributed by atoms with Crippen molar-refractivity contribution in [3.63, 3.8) is 0 Å². The van der Waals surface area contributed by atoms with E-state index in [4.69, 9.17) is 0 Å². The van der Waals surface area contributed by atoms with Gasteiger partial charge in [-0.3, -0.25) is 0 Å². The second kappa shape index (κ2) is 8.80. The van der Waals surface area contributed by atoms with E-state index in [9.17, 15) is 22.0 Å². The van der Waals surface area contributed by atoms with Gasteiger partial charge in [0, 0.05) is 11.6 Å². The summed E-state index contributed by atoms with van der Waals surface area (Å²) in [5.74, 6) is -7.82. The molecule has 0 amide bonds. The quantitative estimate of drug-likeness (QED) is 0.362. The lowest BCUT2D eigenvalue weighted by atomic mass is 9.89. The van der Waals surface area contributed by atoms with Crippen LogP contribution >= 0.6 is 0 Å². The smallest absolute Gasteiger partial charge is 0.232 e. The Morgan fingerprint density at radius 2 is 1.59 bits per heavy atom. The molecule has 0 N–H and O–H groups in total. The Balaban J connectivity index is 1.67. The summed E-state index contributed by atoms with van der Waals surface area (Å²) in [6.45, 7) is -0.565. The van der Waals surface area contributed by atoms with Gasteiger partial charge in [-0.05, 0) is 46.3 Å². The second-order valence-electron chi connectivity index (χ2n) is 7.25. The molecule has 0 aliphatic rings. The highest BCUT2D eigenvalue weighted by Gasteiger charge is 2.46. The molecule has 2 aromatic carbocycles. The van der Waals surface area contributed by atoms with E-state index in [1.807, 2.05) is 0 Å². The molecule has 6 nitrogen and oxygen atoms in total. The van der Waals surface area contributed by atoms with E-state index in [1.165, 1.54) is 0 Å². The summed E-state index contributed by atoms with van der Waals surface area (Å²) in [5, 5.41) is 17.5. The molecule has 0 fully saturated rings. The molecule has 34 heavy (non-hydrogen) atoms. The Morgan fingerprint density at radius 1 is 0.853 bits per heavy atom. The van der Waals surface area contributed by atoms with Crippen LogP contribution in [-0.4, -0.2) is 30.4 Å². The Bertz CT molecular complexity index is 1260. The van der Waals surface area contributed by atoms with Crippen LogP contribution in [0.25, 0.3) is 11.3 Å². The first kappa shape index (κ1) is 23.3. The van der Waals surface area contributed by atoms with E-state index >= 15 is 8.78 Å². The number of halogens is 7. The van der Waals surface area contributed by atoms with E-state index < -0.39 is 53.0 Å². The molecule has 0 saturated carbocycles. The topological polar surface area (TPSA) is 69.4 Å². The minimum atomic E-state index is -4.53. The maximum atomic E-state index is 15.5. The van der Waals surface area contributed by atoms with E-state index in [0.29, 0.717) is 6.07 Å². The molecule has 2 heterocycles.